The first-order valence-electron chi connectivity index (χ1n) is 6.61. The van der Waals surface area contributed by atoms with Crippen LogP contribution in [0.4, 0.5) is 0 Å². The van der Waals surface area contributed by atoms with E-state index in [0.29, 0.717) is 6.04 Å². The van der Waals surface area contributed by atoms with E-state index in [1.165, 1.54) is 5.56 Å². The predicted octanol–water partition coefficient (Wildman–Crippen LogP) is 1.85. The number of halogens is 1. The Kier molecular flexibility index (Phi) is 5.94. The van der Waals surface area contributed by atoms with E-state index in [1.807, 2.05) is 12.1 Å². The molecule has 0 radical (unpaired) electrons. The maximum Gasteiger partial charge on any atom is 0.0620 e. The van der Waals surface area contributed by atoms with Crippen LogP contribution in [0.3, 0.4) is 0 Å². The molecule has 0 aliphatic carbocycles. The zero-order chi connectivity index (χ0) is 12.6. The number of nitrogens with one attached hydrogen (secondary N) is 2. The van der Waals surface area contributed by atoms with Gasteiger partial charge in [-0.2, -0.15) is 0 Å². The lowest BCUT2D eigenvalue weighted by Gasteiger charge is -2.23. The minimum Gasteiger partial charge on any atom is -0.379 e. The minimum atomic E-state index is 0.516. The number of hydrogen-bond acceptors (Lipinski definition) is 3. The predicted molar refractivity (Wildman–Crippen MR) is 75.3 cm³/mol. The quantitative estimate of drug-likeness (QED) is 0.773. The summed E-state index contributed by atoms with van der Waals surface area (Å²) >= 11 is 5.85. The number of morpholine rings is 1. The highest BCUT2D eigenvalue weighted by molar-refractivity contribution is 6.30. The number of ether oxygens (including phenoxy) is 1. The van der Waals surface area contributed by atoms with Crippen LogP contribution in [0, 0.1) is 0 Å². The zero-order valence-corrected chi connectivity index (χ0v) is 11.4. The largest absolute Gasteiger partial charge is 0.379 e. The lowest BCUT2D eigenvalue weighted by molar-refractivity contribution is 0.0743. The number of rotatable bonds is 6. The Hall–Kier alpha value is -0.610. The molecule has 3 nitrogen and oxygen atoms in total. The summed E-state index contributed by atoms with van der Waals surface area (Å²) in [7, 11) is 0. The first-order valence-corrected chi connectivity index (χ1v) is 6.99. The normalized spacial score (nSPS) is 19.9. The second-order valence-electron chi connectivity index (χ2n) is 4.64. The SMILES string of the molecule is Clc1ccc(CCNCCC2COCCN2)cc1. The summed E-state index contributed by atoms with van der Waals surface area (Å²) in [5.74, 6) is 0. The Morgan fingerprint density at radius 2 is 2.11 bits per heavy atom. The highest BCUT2D eigenvalue weighted by Gasteiger charge is 2.11. The second kappa shape index (κ2) is 7.74. The van der Waals surface area contributed by atoms with Crippen molar-refractivity contribution in [2.24, 2.45) is 0 Å². The van der Waals surface area contributed by atoms with Gasteiger partial charge in [-0.1, -0.05) is 23.7 Å². The van der Waals surface area contributed by atoms with Crippen LogP contribution in [0.15, 0.2) is 24.3 Å². The second-order valence-corrected chi connectivity index (χ2v) is 5.08. The summed E-state index contributed by atoms with van der Waals surface area (Å²) < 4.78 is 5.42. The molecule has 1 fully saturated rings. The molecule has 1 aliphatic heterocycles. The van der Waals surface area contributed by atoms with Crippen molar-refractivity contribution in [2.45, 2.75) is 18.9 Å². The van der Waals surface area contributed by atoms with Crippen molar-refractivity contribution in [3.05, 3.63) is 34.9 Å². The molecule has 1 aliphatic rings. The fourth-order valence-electron chi connectivity index (χ4n) is 2.09. The molecule has 2 N–H and O–H groups in total. The van der Waals surface area contributed by atoms with Crippen molar-refractivity contribution in [1.82, 2.24) is 10.6 Å². The standard InChI is InChI=1S/C14H21ClN2O/c15-13-3-1-12(2-4-13)5-7-16-8-6-14-11-18-10-9-17-14/h1-4,14,16-17H,5-11H2. The van der Waals surface area contributed by atoms with E-state index in [-0.39, 0.29) is 0 Å². The zero-order valence-electron chi connectivity index (χ0n) is 10.6. The van der Waals surface area contributed by atoms with E-state index < -0.39 is 0 Å². The molecule has 1 aromatic rings. The number of hydrogen-bond donors (Lipinski definition) is 2. The lowest BCUT2D eigenvalue weighted by Crippen LogP contribution is -2.42. The van der Waals surface area contributed by atoms with Crippen LogP contribution in [-0.2, 0) is 11.2 Å². The molecule has 1 heterocycles. The Morgan fingerprint density at radius 3 is 2.83 bits per heavy atom. The summed E-state index contributed by atoms with van der Waals surface area (Å²) in [6.45, 7) is 4.72. The molecule has 0 spiro atoms. The Labute approximate surface area is 114 Å². The average Bonchev–Trinajstić information content (AvgIpc) is 2.42. The summed E-state index contributed by atoms with van der Waals surface area (Å²) in [6.07, 6.45) is 2.17. The maximum absolute atomic E-state index is 5.85. The van der Waals surface area contributed by atoms with Crippen LogP contribution in [-0.4, -0.2) is 38.9 Å². The van der Waals surface area contributed by atoms with Crippen LogP contribution >= 0.6 is 11.6 Å². The smallest absolute Gasteiger partial charge is 0.0620 e. The van der Waals surface area contributed by atoms with Crippen molar-refractivity contribution < 1.29 is 4.74 Å². The number of benzene rings is 1. The van der Waals surface area contributed by atoms with Crippen molar-refractivity contribution in [1.29, 1.82) is 0 Å². The molecular weight excluding hydrogens is 248 g/mol. The molecule has 2 rings (SSSR count). The average molecular weight is 269 g/mol. The van der Waals surface area contributed by atoms with Gasteiger partial charge in [0.2, 0.25) is 0 Å². The first kappa shape index (κ1) is 13.8. The van der Waals surface area contributed by atoms with Crippen LogP contribution in [0.1, 0.15) is 12.0 Å². The van der Waals surface area contributed by atoms with E-state index >= 15 is 0 Å². The molecule has 100 valence electrons. The molecule has 18 heavy (non-hydrogen) atoms. The fourth-order valence-corrected chi connectivity index (χ4v) is 2.22. The highest BCUT2D eigenvalue weighted by atomic mass is 35.5. The van der Waals surface area contributed by atoms with Gasteiger partial charge in [0.1, 0.15) is 0 Å². The van der Waals surface area contributed by atoms with Gasteiger partial charge in [0.05, 0.1) is 13.2 Å². The molecule has 1 saturated heterocycles. The van der Waals surface area contributed by atoms with E-state index in [4.69, 9.17) is 16.3 Å². The van der Waals surface area contributed by atoms with Gasteiger partial charge in [0, 0.05) is 17.6 Å². The van der Waals surface area contributed by atoms with Crippen LogP contribution in [0.25, 0.3) is 0 Å². The molecule has 0 bridgehead atoms. The Morgan fingerprint density at radius 1 is 1.28 bits per heavy atom. The van der Waals surface area contributed by atoms with Crippen LogP contribution in [0.5, 0.6) is 0 Å². The molecule has 4 heteroatoms. The first-order chi connectivity index (χ1) is 8.84. The molecule has 0 saturated carbocycles. The topological polar surface area (TPSA) is 33.3 Å². The summed E-state index contributed by atoms with van der Waals surface area (Å²) in [4.78, 5) is 0. The van der Waals surface area contributed by atoms with Crippen molar-refractivity contribution in [3.63, 3.8) is 0 Å². The Bertz CT molecular complexity index is 336. The molecule has 0 amide bonds. The van der Waals surface area contributed by atoms with Crippen molar-refractivity contribution >= 4 is 11.6 Å². The maximum atomic E-state index is 5.85. The third-order valence-corrected chi connectivity index (χ3v) is 3.42. The lowest BCUT2D eigenvalue weighted by atomic mass is 10.1. The van der Waals surface area contributed by atoms with E-state index in [0.717, 1.165) is 50.7 Å². The van der Waals surface area contributed by atoms with Crippen LogP contribution in [0.2, 0.25) is 5.02 Å². The van der Waals surface area contributed by atoms with Gasteiger partial charge >= 0.3 is 0 Å². The van der Waals surface area contributed by atoms with Gasteiger partial charge in [-0.3, -0.25) is 0 Å². The van der Waals surface area contributed by atoms with E-state index in [2.05, 4.69) is 22.8 Å². The summed E-state index contributed by atoms with van der Waals surface area (Å²) in [5, 5.41) is 7.72. The molecule has 0 aromatic heterocycles. The van der Waals surface area contributed by atoms with Gasteiger partial charge < -0.3 is 15.4 Å². The van der Waals surface area contributed by atoms with Crippen molar-refractivity contribution in [3.8, 4) is 0 Å². The minimum absolute atomic E-state index is 0.516. The third-order valence-electron chi connectivity index (χ3n) is 3.17. The van der Waals surface area contributed by atoms with Gasteiger partial charge in [-0.25, -0.2) is 0 Å². The third kappa shape index (κ3) is 4.94. The van der Waals surface area contributed by atoms with E-state index in [1.54, 1.807) is 0 Å². The van der Waals surface area contributed by atoms with E-state index in [9.17, 15) is 0 Å². The van der Waals surface area contributed by atoms with Gasteiger partial charge in [-0.05, 0) is 43.6 Å². The molecule has 1 aromatic carbocycles. The van der Waals surface area contributed by atoms with Crippen LogP contribution < -0.4 is 10.6 Å². The molecular formula is C14H21ClN2O. The summed E-state index contributed by atoms with van der Waals surface area (Å²) in [6, 6.07) is 8.57. The van der Waals surface area contributed by atoms with Crippen molar-refractivity contribution in [2.75, 3.05) is 32.8 Å². The van der Waals surface area contributed by atoms with Gasteiger partial charge in [-0.15, -0.1) is 0 Å². The Balaban J connectivity index is 1.54. The highest BCUT2D eigenvalue weighted by Crippen LogP contribution is 2.09. The van der Waals surface area contributed by atoms with Gasteiger partial charge in [0.15, 0.2) is 0 Å². The molecule has 1 atom stereocenters. The fraction of sp³-hybridized carbons (Fsp3) is 0.571. The molecule has 1 unspecified atom stereocenters. The van der Waals surface area contributed by atoms with Gasteiger partial charge in [0.25, 0.3) is 0 Å². The summed E-state index contributed by atoms with van der Waals surface area (Å²) in [5.41, 5.74) is 1.33. The monoisotopic (exact) mass is 268 g/mol.